The maximum Gasteiger partial charge on any atom is 0.328 e. The fraction of sp³-hybridized carbons (Fsp3) is 0.294. The number of aromatic nitrogens is 1. The number of urea groups is 1. The zero-order chi connectivity index (χ0) is 19.9. The van der Waals surface area contributed by atoms with Crippen LogP contribution in [0.2, 0.25) is 0 Å². The summed E-state index contributed by atoms with van der Waals surface area (Å²) >= 11 is 0. The van der Waals surface area contributed by atoms with Gasteiger partial charge in [0.05, 0.1) is 16.7 Å². The molecule has 0 aliphatic rings. The van der Waals surface area contributed by atoms with Gasteiger partial charge in [0.15, 0.2) is 0 Å². The molecular formula is C17H21N5O4S. The van der Waals surface area contributed by atoms with E-state index >= 15 is 0 Å². The van der Waals surface area contributed by atoms with Gasteiger partial charge in [0, 0.05) is 18.9 Å². The van der Waals surface area contributed by atoms with Crippen LogP contribution in [0, 0.1) is 11.8 Å². The minimum Gasteiger partial charge on any atom is -0.337 e. The van der Waals surface area contributed by atoms with Crippen LogP contribution in [0.15, 0.2) is 52.9 Å². The molecule has 0 spiro atoms. The van der Waals surface area contributed by atoms with Crippen molar-refractivity contribution in [3.05, 3.63) is 53.2 Å². The van der Waals surface area contributed by atoms with E-state index in [1.54, 1.807) is 18.2 Å². The molecule has 2 aromatic rings. The quantitative estimate of drug-likeness (QED) is 0.405. The van der Waals surface area contributed by atoms with Crippen molar-refractivity contribution in [3.63, 3.8) is 0 Å². The van der Waals surface area contributed by atoms with E-state index in [9.17, 15) is 18.1 Å². The first-order chi connectivity index (χ1) is 12.9. The number of unbranched alkanes of at least 4 members (excludes halogenated alkanes) is 1. The second-order valence-electron chi connectivity index (χ2n) is 5.79. The Morgan fingerprint density at radius 2 is 2.07 bits per heavy atom. The maximum atomic E-state index is 12.6. The molecule has 2 amide bonds. The molecule has 27 heavy (non-hydrogen) atoms. The molecule has 144 valence electrons. The Balaban J connectivity index is 2.36. The molecule has 0 bridgehead atoms. The van der Waals surface area contributed by atoms with Crippen molar-refractivity contribution in [2.45, 2.75) is 31.6 Å². The molecule has 0 aliphatic carbocycles. The largest absolute Gasteiger partial charge is 0.337 e. The van der Waals surface area contributed by atoms with E-state index in [-0.39, 0.29) is 10.6 Å². The zero-order valence-electron chi connectivity index (χ0n) is 15.0. The highest BCUT2D eigenvalue weighted by atomic mass is 32.2. The number of benzene rings is 1. The number of carbonyl (C=O) groups is 1. The zero-order valence-corrected chi connectivity index (χ0v) is 15.9. The Hall–Kier alpha value is -3.01. The van der Waals surface area contributed by atoms with Gasteiger partial charge in [-0.2, -0.15) is 5.01 Å². The molecule has 0 unspecified atom stereocenters. The lowest BCUT2D eigenvalue weighted by atomic mass is 10.2. The molecule has 2 rings (SSSR count). The minimum absolute atomic E-state index is 0.0144. The van der Waals surface area contributed by atoms with Crippen LogP contribution in [-0.4, -0.2) is 26.0 Å². The van der Waals surface area contributed by atoms with E-state index in [1.807, 2.05) is 24.6 Å². The Kier molecular flexibility index (Phi) is 6.83. The molecular weight excluding hydrogens is 370 g/mol. The van der Waals surface area contributed by atoms with Gasteiger partial charge in [0.25, 0.3) is 10.0 Å². The molecule has 0 saturated carbocycles. The van der Waals surface area contributed by atoms with Gasteiger partial charge in [0.2, 0.25) is 0 Å². The summed E-state index contributed by atoms with van der Waals surface area (Å²) in [6.07, 6.45) is 3.98. The highest BCUT2D eigenvalue weighted by molar-refractivity contribution is 7.90. The lowest BCUT2D eigenvalue weighted by Gasteiger charge is -2.19. The Labute approximate surface area is 157 Å². The molecule has 0 atom stereocenters. The lowest BCUT2D eigenvalue weighted by molar-refractivity contribution is 0.245. The second-order valence-corrected chi connectivity index (χ2v) is 7.44. The predicted octanol–water partition coefficient (Wildman–Crippen LogP) is 3.00. The highest BCUT2D eigenvalue weighted by Gasteiger charge is 2.25. The summed E-state index contributed by atoms with van der Waals surface area (Å²) in [6.45, 7) is 4.13. The smallest absolute Gasteiger partial charge is 0.328 e. The van der Waals surface area contributed by atoms with E-state index in [0.29, 0.717) is 12.2 Å². The van der Waals surface area contributed by atoms with Gasteiger partial charge in [-0.15, -0.1) is 4.91 Å². The van der Waals surface area contributed by atoms with Crippen molar-refractivity contribution < 1.29 is 13.2 Å². The Morgan fingerprint density at radius 3 is 2.74 bits per heavy atom. The Morgan fingerprint density at radius 1 is 1.30 bits per heavy atom. The van der Waals surface area contributed by atoms with Gasteiger partial charge >= 0.3 is 6.03 Å². The summed E-state index contributed by atoms with van der Waals surface area (Å²) in [6, 6.07) is 7.35. The van der Waals surface area contributed by atoms with Crippen LogP contribution in [0.5, 0.6) is 0 Å². The number of nitrogens with one attached hydrogen (secondary N) is 2. The molecule has 0 radical (unpaired) electrons. The molecule has 0 fully saturated rings. The van der Waals surface area contributed by atoms with Gasteiger partial charge in [-0.05, 0) is 37.1 Å². The first kappa shape index (κ1) is 20.3. The van der Waals surface area contributed by atoms with Crippen LogP contribution in [0.1, 0.15) is 25.3 Å². The number of hydrogen-bond acceptors (Lipinski definition) is 6. The fourth-order valence-electron chi connectivity index (χ4n) is 2.34. The second kappa shape index (κ2) is 9.08. The number of sulfonamides is 1. The van der Waals surface area contributed by atoms with Crippen molar-refractivity contribution >= 4 is 27.4 Å². The third kappa shape index (κ3) is 5.23. The van der Waals surface area contributed by atoms with Crippen LogP contribution in [-0.2, 0) is 10.0 Å². The van der Waals surface area contributed by atoms with Gasteiger partial charge in [-0.1, -0.05) is 25.5 Å². The van der Waals surface area contributed by atoms with Crippen molar-refractivity contribution in [3.8, 4) is 0 Å². The Bertz CT molecular complexity index is 917. The first-order valence-electron chi connectivity index (χ1n) is 8.33. The SMILES string of the molecule is CCCCNC(=O)NS(=O)(=O)c1cnccc1N(N=O)c1cccc(C)c1. The molecule has 9 nitrogen and oxygen atoms in total. The number of hydrogen-bond donors (Lipinski definition) is 2. The van der Waals surface area contributed by atoms with Crippen molar-refractivity contribution in [2.75, 3.05) is 11.6 Å². The molecule has 0 aliphatic heterocycles. The molecule has 2 N–H and O–H groups in total. The number of aryl methyl sites for hydroxylation is 1. The van der Waals surface area contributed by atoms with Gasteiger partial charge in [0.1, 0.15) is 4.90 Å². The number of anilines is 2. The average molecular weight is 391 g/mol. The monoisotopic (exact) mass is 391 g/mol. The van der Waals surface area contributed by atoms with Gasteiger partial charge in [-0.3, -0.25) is 4.98 Å². The summed E-state index contributed by atoms with van der Waals surface area (Å²) < 4.78 is 27.2. The van der Waals surface area contributed by atoms with E-state index < -0.39 is 16.1 Å². The summed E-state index contributed by atoms with van der Waals surface area (Å²) in [5.74, 6) is 0. The van der Waals surface area contributed by atoms with Crippen molar-refractivity contribution in [1.82, 2.24) is 15.0 Å². The summed E-state index contributed by atoms with van der Waals surface area (Å²) in [5.41, 5.74) is 1.24. The van der Waals surface area contributed by atoms with Crippen LogP contribution in [0.3, 0.4) is 0 Å². The van der Waals surface area contributed by atoms with Gasteiger partial charge in [-0.25, -0.2) is 17.9 Å². The molecule has 0 saturated heterocycles. The number of rotatable bonds is 8. The number of carbonyl (C=O) groups excluding carboxylic acids is 1. The summed E-state index contributed by atoms with van der Waals surface area (Å²) in [4.78, 5) is 26.8. The van der Waals surface area contributed by atoms with Crippen LogP contribution in [0.4, 0.5) is 16.2 Å². The minimum atomic E-state index is -4.27. The van der Waals surface area contributed by atoms with E-state index in [1.165, 1.54) is 12.3 Å². The number of nitrogens with zero attached hydrogens (tertiary/aromatic N) is 3. The maximum absolute atomic E-state index is 12.6. The van der Waals surface area contributed by atoms with Crippen LogP contribution >= 0.6 is 0 Å². The molecule has 1 heterocycles. The van der Waals surface area contributed by atoms with Crippen molar-refractivity contribution in [1.29, 1.82) is 0 Å². The lowest BCUT2D eigenvalue weighted by Crippen LogP contribution is -2.40. The highest BCUT2D eigenvalue weighted by Crippen LogP contribution is 2.31. The molecule has 1 aromatic carbocycles. The normalized spacial score (nSPS) is 10.9. The topological polar surface area (TPSA) is 121 Å². The predicted molar refractivity (Wildman–Crippen MR) is 102 cm³/mol. The fourth-order valence-corrected chi connectivity index (χ4v) is 3.39. The average Bonchev–Trinajstić information content (AvgIpc) is 2.62. The number of pyridine rings is 1. The first-order valence-corrected chi connectivity index (χ1v) is 9.82. The standard InChI is InChI=1S/C17H21N5O4S/c1-3-4-9-19-17(23)20-27(25,26)16-12-18-10-8-15(16)22(21-24)14-7-5-6-13(2)11-14/h5-8,10-12H,3-4,9H2,1-2H3,(H2,19,20,23). The molecule has 1 aromatic heterocycles. The van der Waals surface area contributed by atoms with Gasteiger partial charge < -0.3 is 5.32 Å². The molecule has 10 heteroatoms. The number of amides is 2. The van der Waals surface area contributed by atoms with E-state index in [2.05, 4.69) is 15.6 Å². The summed E-state index contributed by atoms with van der Waals surface area (Å²) in [7, 11) is -4.27. The van der Waals surface area contributed by atoms with E-state index in [0.717, 1.165) is 29.6 Å². The van der Waals surface area contributed by atoms with E-state index in [4.69, 9.17) is 0 Å². The third-order valence-corrected chi connectivity index (χ3v) is 5.00. The third-order valence-electron chi connectivity index (χ3n) is 3.65. The summed E-state index contributed by atoms with van der Waals surface area (Å²) in [5, 5.41) is 6.35. The van der Waals surface area contributed by atoms with Crippen LogP contribution in [0.25, 0.3) is 0 Å². The number of nitroso groups, excluding NO2 is 1. The van der Waals surface area contributed by atoms with Crippen molar-refractivity contribution in [2.24, 2.45) is 5.29 Å². The van der Waals surface area contributed by atoms with Crippen LogP contribution < -0.4 is 15.0 Å².